The number of rotatable bonds is 1. The van der Waals surface area contributed by atoms with Crippen LogP contribution in [0.15, 0.2) is 36.7 Å². The summed E-state index contributed by atoms with van der Waals surface area (Å²) in [5, 5.41) is 20.1. The maximum absolute atomic E-state index is 11.0. The topological polar surface area (TPSA) is 74.8 Å². The minimum Gasteiger partial charge on any atom is -0.508 e. The molecule has 0 fully saturated rings. The predicted octanol–water partition coefficient (Wildman–Crippen LogP) is 1.89. The number of fused-ring (bicyclic) bond motifs is 3. The van der Waals surface area contributed by atoms with Crippen LogP contribution in [0.1, 0.15) is 10.5 Å². The highest BCUT2D eigenvalue weighted by molar-refractivity contribution is 5.97. The molecule has 0 aliphatic rings. The zero-order chi connectivity index (χ0) is 12.0. The average molecular weight is 228 g/mol. The van der Waals surface area contributed by atoms with Gasteiger partial charge in [-0.05, 0) is 23.6 Å². The Morgan fingerprint density at radius 3 is 2.88 bits per heavy atom. The minimum atomic E-state index is -1.03. The molecule has 2 heterocycles. The summed E-state index contributed by atoms with van der Waals surface area (Å²) >= 11 is 0. The molecule has 2 N–H and O–H groups in total. The number of benzene rings is 1. The van der Waals surface area contributed by atoms with Gasteiger partial charge in [-0.2, -0.15) is 0 Å². The maximum Gasteiger partial charge on any atom is 0.354 e. The van der Waals surface area contributed by atoms with Crippen LogP contribution >= 0.6 is 0 Å². The number of carboxylic acids is 1. The van der Waals surface area contributed by atoms with Gasteiger partial charge < -0.3 is 10.2 Å². The predicted molar refractivity (Wildman–Crippen MR) is 61.3 cm³/mol. The molecule has 1 aromatic carbocycles. The molecule has 0 atom stereocenters. The molecule has 0 bridgehead atoms. The van der Waals surface area contributed by atoms with Crippen molar-refractivity contribution < 1.29 is 15.0 Å². The Balaban J connectivity index is 2.48. The van der Waals surface area contributed by atoms with Gasteiger partial charge in [0.25, 0.3) is 0 Å². The molecule has 3 aromatic rings. The summed E-state index contributed by atoms with van der Waals surface area (Å²) < 4.78 is 1.49. The van der Waals surface area contributed by atoms with E-state index in [9.17, 15) is 9.90 Å². The first-order chi connectivity index (χ1) is 8.16. The van der Waals surface area contributed by atoms with Crippen molar-refractivity contribution in [2.45, 2.75) is 0 Å². The van der Waals surface area contributed by atoms with E-state index in [-0.39, 0.29) is 11.4 Å². The first-order valence-corrected chi connectivity index (χ1v) is 4.99. The van der Waals surface area contributed by atoms with Crippen molar-refractivity contribution in [3.63, 3.8) is 0 Å². The molecule has 84 valence electrons. The number of hydrogen-bond acceptors (Lipinski definition) is 3. The van der Waals surface area contributed by atoms with E-state index >= 15 is 0 Å². The highest BCUT2D eigenvalue weighted by Crippen LogP contribution is 2.24. The Kier molecular flexibility index (Phi) is 1.82. The third-order valence-corrected chi connectivity index (χ3v) is 2.70. The van der Waals surface area contributed by atoms with Crippen LogP contribution in [0.3, 0.4) is 0 Å². The Morgan fingerprint density at radius 2 is 2.12 bits per heavy atom. The number of aromatic hydroxyl groups is 1. The number of phenolic OH excluding ortho intramolecular Hbond substituents is 1. The molecule has 0 unspecified atom stereocenters. The van der Waals surface area contributed by atoms with Crippen LogP contribution < -0.4 is 0 Å². The highest BCUT2D eigenvalue weighted by atomic mass is 16.4. The summed E-state index contributed by atoms with van der Waals surface area (Å²) in [6.07, 6.45) is 2.96. The van der Waals surface area contributed by atoms with Gasteiger partial charge in [0.2, 0.25) is 0 Å². The smallest absolute Gasteiger partial charge is 0.354 e. The summed E-state index contributed by atoms with van der Waals surface area (Å²) in [5.41, 5.74) is 0.626. The van der Waals surface area contributed by atoms with E-state index in [1.807, 2.05) is 0 Å². The van der Waals surface area contributed by atoms with Gasteiger partial charge in [-0.1, -0.05) is 6.07 Å². The number of imidazole rings is 1. The number of pyridine rings is 1. The zero-order valence-electron chi connectivity index (χ0n) is 8.66. The van der Waals surface area contributed by atoms with E-state index in [0.29, 0.717) is 5.65 Å². The van der Waals surface area contributed by atoms with Crippen molar-refractivity contribution in [2.75, 3.05) is 0 Å². The summed E-state index contributed by atoms with van der Waals surface area (Å²) in [6, 6.07) is 6.71. The largest absolute Gasteiger partial charge is 0.508 e. The molecule has 0 amide bonds. The molecule has 0 aliphatic heterocycles. The van der Waals surface area contributed by atoms with Crippen molar-refractivity contribution in [1.29, 1.82) is 0 Å². The SMILES string of the molecule is O=C(O)c1cnc2c3cc(O)ccc3ccn12. The number of carbonyl (C=O) groups is 1. The number of aromatic nitrogens is 2. The lowest BCUT2D eigenvalue weighted by Crippen LogP contribution is -2.00. The molecule has 0 saturated heterocycles. The van der Waals surface area contributed by atoms with Crippen LogP contribution in [-0.2, 0) is 0 Å². The van der Waals surface area contributed by atoms with Gasteiger partial charge in [0.15, 0.2) is 5.69 Å². The van der Waals surface area contributed by atoms with Crippen LogP contribution in [0, 0.1) is 0 Å². The quantitative estimate of drug-likeness (QED) is 0.667. The fourth-order valence-corrected chi connectivity index (χ4v) is 1.91. The summed E-state index contributed by atoms with van der Waals surface area (Å²) in [6.45, 7) is 0. The third-order valence-electron chi connectivity index (χ3n) is 2.70. The summed E-state index contributed by atoms with van der Waals surface area (Å²) in [7, 11) is 0. The third kappa shape index (κ3) is 1.32. The van der Waals surface area contributed by atoms with Crippen LogP contribution in [0.5, 0.6) is 5.75 Å². The van der Waals surface area contributed by atoms with E-state index in [0.717, 1.165) is 10.8 Å². The van der Waals surface area contributed by atoms with Gasteiger partial charge in [0.1, 0.15) is 11.4 Å². The first-order valence-electron chi connectivity index (χ1n) is 4.99. The molecule has 0 saturated carbocycles. The lowest BCUT2D eigenvalue weighted by Gasteiger charge is -2.02. The molecular formula is C12H8N2O3. The standard InChI is InChI=1S/C12H8N2O3/c15-8-2-1-7-3-4-14-10(12(16)17)6-13-11(14)9(7)5-8/h1-6,15H,(H,16,17). The van der Waals surface area contributed by atoms with Gasteiger partial charge in [0.05, 0.1) is 6.20 Å². The first kappa shape index (κ1) is 9.65. The van der Waals surface area contributed by atoms with Crippen LogP contribution in [0.2, 0.25) is 0 Å². The number of nitrogens with zero attached hydrogens (tertiary/aromatic N) is 2. The monoisotopic (exact) mass is 228 g/mol. The molecule has 5 heteroatoms. The van der Waals surface area contributed by atoms with E-state index in [4.69, 9.17) is 5.11 Å². The average Bonchev–Trinajstić information content (AvgIpc) is 2.72. The molecule has 17 heavy (non-hydrogen) atoms. The van der Waals surface area contributed by atoms with Gasteiger partial charge in [-0.3, -0.25) is 4.40 Å². The molecule has 0 aliphatic carbocycles. The second-order valence-electron chi connectivity index (χ2n) is 3.73. The van der Waals surface area contributed by atoms with Crippen molar-refractivity contribution in [3.05, 3.63) is 42.4 Å². The Bertz CT molecular complexity index is 746. The fourth-order valence-electron chi connectivity index (χ4n) is 1.91. The van der Waals surface area contributed by atoms with Crippen molar-refractivity contribution >= 4 is 22.4 Å². The number of phenols is 1. The van der Waals surface area contributed by atoms with Crippen molar-refractivity contribution in [1.82, 2.24) is 9.38 Å². The minimum absolute atomic E-state index is 0.102. The second-order valence-corrected chi connectivity index (χ2v) is 3.73. The van der Waals surface area contributed by atoms with Gasteiger partial charge in [-0.15, -0.1) is 0 Å². The van der Waals surface area contributed by atoms with E-state index in [1.165, 1.54) is 10.6 Å². The van der Waals surface area contributed by atoms with Crippen LogP contribution in [-0.4, -0.2) is 25.6 Å². The fraction of sp³-hybridized carbons (Fsp3) is 0. The summed E-state index contributed by atoms with van der Waals surface area (Å²) in [4.78, 5) is 15.0. The van der Waals surface area contributed by atoms with Crippen molar-refractivity contribution in [2.24, 2.45) is 0 Å². The number of carboxylic acid groups (broad SMARTS) is 1. The highest BCUT2D eigenvalue weighted by Gasteiger charge is 2.12. The number of aromatic carboxylic acids is 1. The van der Waals surface area contributed by atoms with Gasteiger partial charge in [0, 0.05) is 11.6 Å². The molecule has 3 rings (SSSR count). The van der Waals surface area contributed by atoms with Crippen LogP contribution in [0.4, 0.5) is 0 Å². The second kappa shape index (κ2) is 3.21. The van der Waals surface area contributed by atoms with E-state index in [1.54, 1.807) is 30.5 Å². The lowest BCUT2D eigenvalue weighted by molar-refractivity contribution is 0.0689. The molecule has 0 spiro atoms. The van der Waals surface area contributed by atoms with E-state index < -0.39 is 5.97 Å². The van der Waals surface area contributed by atoms with Crippen molar-refractivity contribution in [3.8, 4) is 5.75 Å². The lowest BCUT2D eigenvalue weighted by atomic mass is 10.1. The van der Waals surface area contributed by atoms with Crippen LogP contribution in [0.25, 0.3) is 16.4 Å². The van der Waals surface area contributed by atoms with E-state index in [2.05, 4.69) is 4.98 Å². The summed E-state index contributed by atoms with van der Waals surface area (Å²) in [5.74, 6) is -0.900. The Labute approximate surface area is 95.6 Å². The van der Waals surface area contributed by atoms with Gasteiger partial charge in [-0.25, -0.2) is 9.78 Å². The Morgan fingerprint density at radius 1 is 1.29 bits per heavy atom. The molecule has 5 nitrogen and oxygen atoms in total. The maximum atomic E-state index is 11.0. The molecular weight excluding hydrogens is 220 g/mol. The normalized spacial score (nSPS) is 11.1. The van der Waals surface area contributed by atoms with Gasteiger partial charge >= 0.3 is 5.97 Å². The number of hydrogen-bond donors (Lipinski definition) is 2. The zero-order valence-corrected chi connectivity index (χ0v) is 8.66. The molecule has 2 aromatic heterocycles. The Hall–Kier alpha value is -2.56. The molecule has 0 radical (unpaired) electrons.